The summed E-state index contributed by atoms with van der Waals surface area (Å²) in [6, 6.07) is 3.07. The average molecular weight is 394 g/mol. The van der Waals surface area contributed by atoms with Crippen LogP contribution in [0.5, 0.6) is 0 Å². The van der Waals surface area contributed by atoms with Crippen LogP contribution in [0.3, 0.4) is 0 Å². The number of nitrogens with one attached hydrogen (secondary N) is 2. The Morgan fingerprint density at radius 1 is 1.25 bits per heavy atom. The van der Waals surface area contributed by atoms with Crippen LogP contribution in [0.4, 0.5) is 13.2 Å². The van der Waals surface area contributed by atoms with E-state index in [0.29, 0.717) is 30.0 Å². The minimum absolute atomic E-state index is 0.205. The highest BCUT2D eigenvalue weighted by Gasteiger charge is 2.42. The van der Waals surface area contributed by atoms with E-state index < -0.39 is 18.8 Å². The Bertz CT molecular complexity index is 879. The second-order valence-electron chi connectivity index (χ2n) is 7.56. The lowest BCUT2D eigenvalue weighted by Gasteiger charge is -2.38. The lowest BCUT2D eigenvalue weighted by Crippen LogP contribution is -2.58. The van der Waals surface area contributed by atoms with Crippen molar-refractivity contribution in [1.29, 1.82) is 0 Å². The molecule has 3 N–H and O–H groups in total. The number of hydrogen-bond donors (Lipinski definition) is 3. The zero-order valence-corrected chi connectivity index (χ0v) is 15.0. The maximum Gasteiger partial charge on any atom is 0.406 e. The fourth-order valence-electron chi connectivity index (χ4n) is 3.43. The SMILES string of the molecule is O=C(NC1CC(N[C@H](CO)C(F)(F)F)C1)c1cnc2nc(C3CC3)ccc2c1. The van der Waals surface area contributed by atoms with Gasteiger partial charge in [-0.3, -0.25) is 4.79 Å². The van der Waals surface area contributed by atoms with Gasteiger partial charge in [0.1, 0.15) is 6.04 Å². The Labute approximate surface area is 159 Å². The van der Waals surface area contributed by atoms with Gasteiger partial charge in [0.2, 0.25) is 0 Å². The molecule has 4 rings (SSSR count). The van der Waals surface area contributed by atoms with Gasteiger partial charge in [0, 0.05) is 35.3 Å². The van der Waals surface area contributed by atoms with Crippen molar-refractivity contribution >= 4 is 16.9 Å². The molecule has 9 heteroatoms. The van der Waals surface area contributed by atoms with Crippen LogP contribution in [0, 0.1) is 0 Å². The molecule has 2 aromatic rings. The van der Waals surface area contributed by atoms with Crippen molar-refractivity contribution in [2.75, 3.05) is 6.61 Å². The third kappa shape index (κ3) is 4.10. The number of nitrogens with zero attached hydrogens (tertiary/aromatic N) is 2. The van der Waals surface area contributed by atoms with Gasteiger partial charge in [-0.1, -0.05) is 0 Å². The molecule has 0 radical (unpaired) electrons. The Morgan fingerprint density at radius 3 is 2.64 bits per heavy atom. The van der Waals surface area contributed by atoms with Gasteiger partial charge in [-0.05, 0) is 43.9 Å². The fourth-order valence-corrected chi connectivity index (χ4v) is 3.43. The Balaban J connectivity index is 1.32. The molecule has 28 heavy (non-hydrogen) atoms. The van der Waals surface area contributed by atoms with E-state index in [0.717, 1.165) is 23.9 Å². The van der Waals surface area contributed by atoms with Crippen molar-refractivity contribution < 1.29 is 23.1 Å². The summed E-state index contributed by atoms with van der Waals surface area (Å²) in [6.45, 7) is -1.00. The van der Waals surface area contributed by atoms with Gasteiger partial charge in [-0.2, -0.15) is 13.2 Å². The number of pyridine rings is 2. The Kier molecular flexibility index (Phi) is 4.96. The summed E-state index contributed by atoms with van der Waals surface area (Å²) in [6.07, 6.45) is 0.0439. The molecule has 2 saturated carbocycles. The summed E-state index contributed by atoms with van der Waals surface area (Å²) in [5.41, 5.74) is 2.04. The van der Waals surface area contributed by atoms with Crippen molar-refractivity contribution in [2.45, 2.75) is 55.9 Å². The van der Waals surface area contributed by atoms with E-state index in [4.69, 9.17) is 5.11 Å². The highest BCUT2D eigenvalue weighted by molar-refractivity contribution is 5.97. The van der Waals surface area contributed by atoms with Crippen molar-refractivity contribution in [3.05, 3.63) is 35.7 Å². The number of aliphatic hydroxyl groups is 1. The Morgan fingerprint density at radius 2 is 2.00 bits per heavy atom. The zero-order chi connectivity index (χ0) is 19.9. The maximum atomic E-state index is 12.7. The first kappa shape index (κ1) is 19.1. The Hall–Kier alpha value is -2.26. The fraction of sp³-hybridized carbons (Fsp3) is 0.526. The number of carbonyl (C=O) groups is 1. The molecule has 2 aliphatic carbocycles. The van der Waals surface area contributed by atoms with E-state index in [1.807, 2.05) is 12.1 Å². The maximum absolute atomic E-state index is 12.7. The largest absolute Gasteiger partial charge is 0.406 e. The number of amides is 1. The number of aromatic nitrogens is 2. The minimum atomic E-state index is -4.49. The zero-order valence-electron chi connectivity index (χ0n) is 15.0. The van der Waals surface area contributed by atoms with E-state index in [1.165, 1.54) is 6.20 Å². The molecule has 1 amide bonds. The van der Waals surface area contributed by atoms with Crippen molar-refractivity contribution in [1.82, 2.24) is 20.6 Å². The predicted octanol–water partition coefficient (Wildman–Crippen LogP) is 2.28. The van der Waals surface area contributed by atoms with Crippen LogP contribution in [0.15, 0.2) is 24.4 Å². The normalized spacial score (nSPS) is 23.3. The molecule has 0 spiro atoms. The van der Waals surface area contributed by atoms with Gasteiger partial charge in [-0.15, -0.1) is 0 Å². The molecule has 2 aliphatic rings. The molecule has 0 unspecified atom stereocenters. The molecule has 6 nitrogen and oxygen atoms in total. The molecular formula is C19H21F3N4O2. The van der Waals surface area contributed by atoms with Gasteiger partial charge in [0.15, 0.2) is 5.65 Å². The monoisotopic (exact) mass is 394 g/mol. The first-order chi connectivity index (χ1) is 13.3. The second-order valence-corrected chi connectivity index (χ2v) is 7.56. The molecule has 0 aliphatic heterocycles. The molecular weight excluding hydrogens is 373 g/mol. The molecule has 2 heterocycles. The van der Waals surface area contributed by atoms with Crippen molar-refractivity contribution in [3.63, 3.8) is 0 Å². The second kappa shape index (κ2) is 7.29. The molecule has 1 atom stereocenters. The van der Waals surface area contributed by atoms with Gasteiger partial charge in [0.25, 0.3) is 5.91 Å². The minimum Gasteiger partial charge on any atom is -0.394 e. The number of alkyl halides is 3. The summed E-state index contributed by atoms with van der Waals surface area (Å²) >= 11 is 0. The van der Waals surface area contributed by atoms with Gasteiger partial charge in [0.05, 0.1) is 12.2 Å². The molecule has 150 valence electrons. The van der Waals surface area contributed by atoms with Gasteiger partial charge < -0.3 is 15.7 Å². The first-order valence-electron chi connectivity index (χ1n) is 9.34. The molecule has 0 saturated heterocycles. The van der Waals surface area contributed by atoms with Crippen LogP contribution >= 0.6 is 0 Å². The summed E-state index contributed by atoms with van der Waals surface area (Å²) in [4.78, 5) is 21.2. The number of fused-ring (bicyclic) bond motifs is 1. The number of aliphatic hydroxyl groups excluding tert-OH is 1. The van der Waals surface area contributed by atoms with Gasteiger partial charge in [-0.25, -0.2) is 9.97 Å². The first-order valence-corrected chi connectivity index (χ1v) is 9.34. The lowest BCUT2D eigenvalue weighted by atomic mass is 9.86. The van der Waals surface area contributed by atoms with E-state index in [2.05, 4.69) is 20.6 Å². The third-order valence-corrected chi connectivity index (χ3v) is 5.31. The van der Waals surface area contributed by atoms with E-state index in [9.17, 15) is 18.0 Å². The third-order valence-electron chi connectivity index (χ3n) is 5.31. The summed E-state index contributed by atoms with van der Waals surface area (Å²) < 4.78 is 38.0. The summed E-state index contributed by atoms with van der Waals surface area (Å²) in [5.74, 6) is 0.218. The number of hydrogen-bond acceptors (Lipinski definition) is 5. The van der Waals surface area contributed by atoms with Crippen LogP contribution in [0.1, 0.15) is 47.7 Å². The van der Waals surface area contributed by atoms with Crippen LogP contribution in [0.25, 0.3) is 11.0 Å². The van der Waals surface area contributed by atoms with Gasteiger partial charge >= 0.3 is 6.18 Å². The standard InChI is InChI=1S/C19H21F3N4O2/c20-19(21,22)16(9-27)24-13-6-14(7-13)25-18(28)12-5-11-3-4-15(10-1-2-10)26-17(11)23-8-12/h3-5,8,10,13-14,16,24,27H,1-2,6-7,9H2,(H,25,28)/t13?,14?,16-/m1/s1. The highest BCUT2D eigenvalue weighted by atomic mass is 19.4. The van der Waals surface area contributed by atoms with Crippen LogP contribution in [-0.2, 0) is 0 Å². The molecule has 0 bridgehead atoms. The van der Waals surface area contributed by atoms with Crippen molar-refractivity contribution in [3.8, 4) is 0 Å². The smallest absolute Gasteiger partial charge is 0.394 e. The van der Waals surface area contributed by atoms with E-state index in [1.54, 1.807) is 6.07 Å². The highest BCUT2D eigenvalue weighted by Crippen LogP contribution is 2.39. The van der Waals surface area contributed by atoms with Crippen LogP contribution in [-0.4, -0.2) is 51.9 Å². The average Bonchev–Trinajstić information content (AvgIpc) is 3.46. The number of halogens is 3. The molecule has 2 fully saturated rings. The molecule has 2 aromatic heterocycles. The number of rotatable bonds is 6. The van der Waals surface area contributed by atoms with Crippen LogP contribution < -0.4 is 10.6 Å². The topological polar surface area (TPSA) is 87.1 Å². The predicted molar refractivity (Wildman–Crippen MR) is 95.9 cm³/mol. The quantitative estimate of drug-likeness (QED) is 0.700. The van der Waals surface area contributed by atoms with Crippen LogP contribution in [0.2, 0.25) is 0 Å². The number of carbonyl (C=O) groups excluding carboxylic acids is 1. The lowest BCUT2D eigenvalue weighted by molar-refractivity contribution is -0.167. The van der Waals surface area contributed by atoms with E-state index in [-0.39, 0.29) is 18.0 Å². The van der Waals surface area contributed by atoms with Crippen molar-refractivity contribution in [2.24, 2.45) is 0 Å². The summed E-state index contributed by atoms with van der Waals surface area (Å²) in [7, 11) is 0. The summed E-state index contributed by atoms with van der Waals surface area (Å²) in [5, 5.41) is 14.8. The molecule has 0 aromatic carbocycles. The van der Waals surface area contributed by atoms with E-state index >= 15 is 0 Å².